The highest BCUT2D eigenvalue weighted by Crippen LogP contribution is 2.38. The summed E-state index contributed by atoms with van der Waals surface area (Å²) in [6.07, 6.45) is -0.440. The zero-order valence-electron chi connectivity index (χ0n) is 16.3. The van der Waals surface area contributed by atoms with Crippen LogP contribution in [0.4, 0.5) is 13.2 Å². The maximum Gasteiger partial charge on any atom is 0.416 e. The lowest BCUT2D eigenvalue weighted by Gasteiger charge is -2.42. The van der Waals surface area contributed by atoms with Gasteiger partial charge in [-0.2, -0.15) is 13.2 Å². The van der Waals surface area contributed by atoms with Crippen molar-refractivity contribution in [2.75, 3.05) is 19.6 Å². The Hall–Kier alpha value is -2.34. The lowest BCUT2D eigenvalue weighted by atomic mass is 9.72. The average molecular weight is 402 g/mol. The maximum atomic E-state index is 12.7. The zero-order chi connectivity index (χ0) is 20.5. The molecular weight excluding hydrogens is 377 g/mol. The first-order chi connectivity index (χ1) is 13.9. The van der Waals surface area contributed by atoms with Gasteiger partial charge in [-0.1, -0.05) is 36.4 Å². The SMILES string of the molecule is O=C1NCCCC12CCN(Cc1ccc(-c3ccc(C(F)(F)F)cc3)cc1)CC2. The van der Waals surface area contributed by atoms with E-state index in [1.807, 2.05) is 24.3 Å². The highest BCUT2D eigenvalue weighted by Gasteiger charge is 2.42. The number of hydrogen-bond donors (Lipinski definition) is 1. The van der Waals surface area contributed by atoms with Crippen LogP contribution in [0.15, 0.2) is 48.5 Å². The topological polar surface area (TPSA) is 32.3 Å². The largest absolute Gasteiger partial charge is 0.416 e. The molecule has 0 saturated carbocycles. The van der Waals surface area contributed by atoms with E-state index in [-0.39, 0.29) is 11.3 Å². The monoisotopic (exact) mass is 402 g/mol. The first kappa shape index (κ1) is 20.0. The Morgan fingerprint density at radius 3 is 2.03 bits per heavy atom. The van der Waals surface area contributed by atoms with E-state index in [0.717, 1.165) is 75.1 Å². The van der Waals surface area contributed by atoms with Crippen LogP contribution in [-0.2, 0) is 17.5 Å². The molecule has 0 aliphatic carbocycles. The number of halogens is 3. The van der Waals surface area contributed by atoms with Crippen molar-refractivity contribution in [3.8, 4) is 11.1 Å². The van der Waals surface area contributed by atoms with Crippen LogP contribution in [0.5, 0.6) is 0 Å². The summed E-state index contributed by atoms with van der Waals surface area (Å²) in [5.41, 5.74) is 2.05. The van der Waals surface area contributed by atoms with Crippen molar-refractivity contribution in [3.05, 3.63) is 59.7 Å². The van der Waals surface area contributed by atoms with Gasteiger partial charge in [-0.25, -0.2) is 0 Å². The normalized spacial score (nSPS) is 19.9. The van der Waals surface area contributed by atoms with E-state index in [1.165, 1.54) is 17.7 Å². The molecule has 2 aliphatic rings. The fourth-order valence-electron chi connectivity index (χ4n) is 4.46. The molecule has 1 amide bonds. The number of alkyl halides is 3. The number of rotatable bonds is 3. The molecule has 0 unspecified atom stereocenters. The molecule has 0 aromatic heterocycles. The van der Waals surface area contributed by atoms with Gasteiger partial charge < -0.3 is 5.32 Å². The molecule has 2 aromatic rings. The summed E-state index contributed by atoms with van der Waals surface area (Å²) in [5, 5.41) is 3.02. The second-order valence-corrected chi connectivity index (χ2v) is 8.19. The number of piperidine rings is 2. The predicted molar refractivity (Wildman–Crippen MR) is 106 cm³/mol. The van der Waals surface area contributed by atoms with Crippen molar-refractivity contribution in [3.63, 3.8) is 0 Å². The second kappa shape index (κ2) is 7.82. The molecule has 2 aromatic carbocycles. The van der Waals surface area contributed by atoms with Gasteiger partial charge in [0, 0.05) is 13.1 Å². The number of nitrogens with zero attached hydrogens (tertiary/aromatic N) is 1. The average Bonchev–Trinajstić information content (AvgIpc) is 2.72. The van der Waals surface area contributed by atoms with Crippen LogP contribution in [-0.4, -0.2) is 30.4 Å². The minimum absolute atomic E-state index is 0.165. The van der Waals surface area contributed by atoms with Crippen LogP contribution in [0.1, 0.15) is 36.8 Å². The summed E-state index contributed by atoms with van der Waals surface area (Å²) in [7, 11) is 0. The predicted octanol–water partition coefficient (Wildman–Crippen LogP) is 4.86. The first-order valence-corrected chi connectivity index (χ1v) is 10.1. The smallest absolute Gasteiger partial charge is 0.356 e. The number of carbonyl (C=O) groups is 1. The van der Waals surface area contributed by atoms with E-state index in [0.29, 0.717) is 0 Å². The van der Waals surface area contributed by atoms with Crippen molar-refractivity contribution in [1.82, 2.24) is 10.2 Å². The molecule has 2 saturated heterocycles. The van der Waals surface area contributed by atoms with E-state index < -0.39 is 11.7 Å². The summed E-state index contributed by atoms with van der Waals surface area (Å²) in [4.78, 5) is 14.7. The van der Waals surface area contributed by atoms with E-state index in [2.05, 4.69) is 10.2 Å². The number of hydrogen-bond acceptors (Lipinski definition) is 2. The lowest BCUT2D eigenvalue weighted by molar-refractivity contribution is -0.138. The van der Waals surface area contributed by atoms with Crippen LogP contribution < -0.4 is 5.32 Å². The Morgan fingerprint density at radius 1 is 0.897 bits per heavy atom. The van der Waals surface area contributed by atoms with Crippen LogP contribution in [0.25, 0.3) is 11.1 Å². The molecule has 29 heavy (non-hydrogen) atoms. The van der Waals surface area contributed by atoms with Crippen molar-refractivity contribution in [1.29, 1.82) is 0 Å². The third kappa shape index (κ3) is 4.32. The summed E-state index contributed by atoms with van der Waals surface area (Å²) in [6, 6.07) is 13.2. The van der Waals surface area contributed by atoms with Gasteiger partial charge in [0.25, 0.3) is 0 Å². The molecule has 154 valence electrons. The van der Waals surface area contributed by atoms with Gasteiger partial charge in [0.15, 0.2) is 0 Å². The Labute approximate surface area is 168 Å². The summed E-state index contributed by atoms with van der Waals surface area (Å²) in [5.74, 6) is 0.226. The molecule has 2 fully saturated rings. The number of benzene rings is 2. The molecule has 2 aliphatic heterocycles. The molecule has 1 spiro atoms. The Kier molecular flexibility index (Phi) is 5.38. The highest BCUT2D eigenvalue weighted by molar-refractivity contribution is 5.83. The van der Waals surface area contributed by atoms with Crippen molar-refractivity contribution in [2.45, 2.75) is 38.4 Å². The van der Waals surface area contributed by atoms with E-state index in [1.54, 1.807) is 0 Å². The van der Waals surface area contributed by atoms with Crippen LogP contribution in [0.3, 0.4) is 0 Å². The van der Waals surface area contributed by atoms with Gasteiger partial charge in [-0.15, -0.1) is 0 Å². The van der Waals surface area contributed by atoms with Gasteiger partial charge in [-0.05, 0) is 67.6 Å². The molecule has 0 bridgehead atoms. The van der Waals surface area contributed by atoms with Crippen LogP contribution >= 0.6 is 0 Å². The van der Waals surface area contributed by atoms with Crippen molar-refractivity contribution >= 4 is 5.91 Å². The molecule has 0 radical (unpaired) electrons. The quantitative estimate of drug-likeness (QED) is 0.795. The summed E-state index contributed by atoms with van der Waals surface area (Å²) < 4.78 is 38.1. The van der Waals surface area contributed by atoms with Crippen LogP contribution in [0.2, 0.25) is 0 Å². The van der Waals surface area contributed by atoms with Crippen molar-refractivity contribution in [2.24, 2.45) is 5.41 Å². The molecule has 2 heterocycles. The van der Waals surface area contributed by atoms with Gasteiger partial charge in [0.2, 0.25) is 5.91 Å². The Morgan fingerprint density at radius 2 is 1.48 bits per heavy atom. The second-order valence-electron chi connectivity index (χ2n) is 8.19. The number of carbonyl (C=O) groups excluding carboxylic acids is 1. The minimum Gasteiger partial charge on any atom is -0.356 e. The van der Waals surface area contributed by atoms with Crippen LogP contribution in [0, 0.1) is 5.41 Å². The fraction of sp³-hybridized carbons (Fsp3) is 0.435. The Bertz CT molecular complexity index is 851. The van der Waals surface area contributed by atoms with Gasteiger partial charge in [-0.3, -0.25) is 9.69 Å². The summed E-state index contributed by atoms with van der Waals surface area (Å²) in [6.45, 7) is 3.45. The molecule has 1 N–H and O–H groups in total. The molecular formula is C23H25F3N2O. The van der Waals surface area contributed by atoms with E-state index >= 15 is 0 Å². The zero-order valence-corrected chi connectivity index (χ0v) is 16.3. The van der Waals surface area contributed by atoms with Crippen molar-refractivity contribution < 1.29 is 18.0 Å². The van der Waals surface area contributed by atoms with Gasteiger partial charge in [0.05, 0.1) is 11.0 Å². The number of nitrogens with one attached hydrogen (secondary N) is 1. The highest BCUT2D eigenvalue weighted by atomic mass is 19.4. The maximum absolute atomic E-state index is 12.7. The van der Waals surface area contributed by atoms with E-state index in [4.69, 9.17) is 0 Å². The standard InChI is InChI=1S/C23H25F3N2O/c24-23(25,26)20-8-6-19(7-9-20)18-4-2-17(3-5-18)16-28-14-11-22(12-15-28)10-1-13-27-21(22)29/h2-9H,1,10-16H2,(H,27,29). The third-order valence-electron chi connectivity index (χ3n) is 6.32. The fourth-order valence-corrected chi connectivity index (χ4v) is 4.46. The third-order valence-corrected chi connectivity index (χ3v) is 6.32. The van der Waals surface area contributed by atoms with Gasteiger partial charge >= 0.3 is 6.18 Å². The number of likely N-dealkylation sites (tertiary alicyclic amines) is 1. The first-order valence-electron chi connectivity index (χ1n) is 10.1. The minimum atomic E-state index is -4.31. The van der Waals surface area contributed by atoms with E-state index in [9.17, 15) is 18.0 Å². The molecule has 0 atom stereocenters. The van der Waals surface area contributed by atoms with Gasteiger partial charge in [0.1, 0.15) is 0 Å². The molecule has 3 nitrogen and oxygen atoms in total. The molecule has 6 heteroatoms. The lowest BCUT2D eigenvalue weighted by Crippen LogP contribution is -2.51. The Balaban J connectivity index is 1.36. The molecule has 4 rings (SSSR count). The summed E-state index contributed by atoms with van der Waals surface area (Å²) >= 11 is 0. The number of amides is 1.